The zero-order valence-electron chi connectivity index (χ0n) is 12.6. The van der Waals surface area contributed by atoms with Crippen molar-refractivity contribution in [2.75, 3.05) is 0 Å². The van der Waals surface area contributed by atoms with Crippen molar-refractivity contribution < 1.29 is 0 Å². The standard InChI is InChI=1S/C18H24N2/c1-4-13(2)17(15-8-6-5-7-9-15)18(19)16-12-20-11-10-14(16)3/h5-13,17-18H,4,19H2,1-3H3. The quantitative estimate of drug-likeness (QED) is 0.881. The minimum atomic E-state index is -0.0129. The summed E-state index contributed by atoms with van der Waals surface area (Å²) in [7, 11) is 0. The van der Waals surface area contributed by atoms with E-state index < -0.39 is 0 Å². The predicted octanol–water partition coefficient (Wildman–Crippen LogP) is 4.22. The minimum absolute atomic E-state index is 0.0129. The molecule has 3 atom stereocenters. The van der Waals surface area contributed by atoms with Gasteiger partial charge in [0.15, 0.2) is 0 Å². The summed E-state index contributed by atoms with van der Waals surface area (Å²) in [5.74, 6) is 0.858. The average Bonchev–Trinajstić information content (AvgIpc) is 2.48. The van der Waals surface area contributed by atoms with E-state index in [1.54, 1.807) is 0 Å². The fraction of sp³-hybridized carbons (Fsp3) is 0.389. The van der Waals surface area contributed by atoms with Crippen LogP contribution >= 0.6 is 0 Å². The van der Waals surface area contributed by atoms with Gasteiger partial charge in [0.2, 0.25) is 0 Å². The Kier molecular flexibility index (Phi) is 4.91. The lowest BCUT2D eigenvalue weighted by atomic mass is 9.77. The third kappa shape index (κ3) is 3.07. The van der Waals surface area contributed by atoms with Crippen molar-refractivity contribution in [2.24, 2.45) is 11.7 Å². The lowest BCUT2D eigenvalue weighted by Crippen LogP contribution is -2.25. The van der Waals surface area contributed by atoms with Crippen LogP contribution < -0.4 is 5.73 Å². The average molecular weight is 268 g/mol. The summed E-state index contributed by atoms with van der Waals surface area (Å²) in [6.45, 7) is 6.61. The first-order chi connectivity index (χ1) is 9.65. The number of aryl methyl sites for hydroxylation is 1. The number of nitrogens with zero attached hydrogens (tertiary/aromatic N) is 1. The van der Waals surface area contributed by atoms with E-state index in [9.17, 15) is 0 Å². The Morgan fingerprint density at radius 2 is 1.85 bits per heavy atom. The molecule has 2 aromatic rings. The predicted molar refractivity (Wildman–Crippen MR) is 84.5 cm³/mol. The summed E-state index contributed by atoms with van der Waals surface area (Å²) in [6, 6.07) is 12.6. The third-order valence-electron chi connectivity index (χ3n) is 4.27. The van der Waals surface area contributed by atoms with Crippen molar-refractivity contribution >= 4 is 0 Å². The number of hydrogen-bond donors (Lipinski definition) is 1. The number of aromatic nitrogens is 1. The lowest BCUT2D eigenvalue weighted by Gasteiger charge is -2.30. The van der Waals surface area contributed by atoms with Gasteiger partial charge in [-0.05, 0) is 35.6 Å². The molecule has 2 nitrogen and oxygen atoms in total. The Hall–Kier alpha value is -1.67. The van der Waals surface area contributed by atoms with Crippen LogP contribution in [0.25, 0.3) is 0 Å². The number of pyridine rings is 1. The molecule has 1 aromatic carbocycles. The molecule has 2 N–H and O–H groups in total. The highest BCUT2D eigenvalue weighted by molar-refractivity contribution is 5.31. The Balaban J connectivity index is 2.40. The highest BCUT2D eigenvalue weighted by Crippen LogP contribution is 2.37. The van der Waals surface area contributed by atoms with Gasteiger partial charge in [-0.2, -0.15) is 0 Å². The molecule has 1 heterocycles. The first kappa shape index (κ1) is 14.7. The van der Waals surface area contributed by atoms with Gasteiger partial charge in [0.05, 0.1) is 0 Å². The van der Waals surface area contributed by atoms with Gasteiger partial charge >= 0.3 is 0 Å². The molecule has 0 aliphatic carbocycles. The molecule has 2 heteroatoms. The molecule has 1 aromatic heterocycles. The SMILES string of the molecule is CCC(C)C(c1ccccc1)C(N)c1cnccc1C. The van der Waals surface area contributed by atoms with Crippen molar-refractivity contribution in [2.45, 2.75) is 39.2 Å². The van der Waals surface area contributed by atoms with Gasteiger partial charge in [0.25, 0.3) is 0 Å². The van der Waals surface area contributed by atoms with Gasteiger partial charge in [-0.3, -0.25) is 4.98 Å². The summed E-state index contributed by atoms with van der Waals surface area (Å²) in [5, 5.41) is 0. The summed E-state index contributed by atoms with van der Waals surface area (Å²) >= 11 is 0. The largest absolute Gasteiger partial charge is 0.323 e. The van der Waals surface area contributed by atoms with Gasteiger partial charge < -0.3 is 5.73 Å². The first-order valence-electron chi connectivity index (χ1n) is 7.36. The molecule has 2 rings (SSSR count). The molecule has 0 aliphatic heterocycles. The van der Waals surface area contributed by atoms with Gasteiger partial charge in [0, 0.05) is 24.4 Å². The van der Waals surface area contributed by atoms with E-state index in [0.29, 0.717) is 11.8 Å². The molecule has 0 radical (unpaired) electrons. The van der Waals surface area contributed by atoms with E-state index in [1.807, 2.05) is 18.5 Å². The number of rotatable bonds is 5. The second-order valence-electron chi connectivity index (χ2n) is 5.58. The van der Waals surface area contributed by atoms with E-state index >= 15 is 0 Å². The van der Waals surface area contributed by atoms with Crippen molar-refractivity contribution in [1.29, 1.82) is 0 Å². The number of hydrogen-bond acceptors (Lipinski definition) is 2. The van der Waals surface area contributed by atoms with Gasteiger partial charge in [-0.25, -0.2) is 0 Å². The van der Waals surface area contributed by atoms with E-state index in [2.05, 4.69) is 56.1 Å². The number of nitrogens with two attached hydrogens (primary N) is 1. The maximum atomic E-state index is 6.61. The Morgan fingerprint density at radius 1 is 1.15 bits per heavy atom. The second kappa shape index (κ2) is 6.67. The van der Waals surface area contributed by atoms with Crippen molar-refractivity contribution in [3.63, 3.8) is 0 Å². The van der Waals surface area contributed by atoms with E-state index in [-0.39, 0.29) is 6.04 Å². The first-order valence-corrected chi connectivity index (χ1v) is 7.36. The molecule has 0 saturated carbocycles. The van der Waals surface area contributed by atoms with Gasteiger partial charge in [-0.15, -0.1) is 0 Å². The van der Waals surface area contributed by atoms with Crippen LogP contribution in [-0.4, -0.2) is 4.98 Å². The summed E-state index contributed by atoms with van der Waals surface area (Å²) in [6.07, 6.45) is 4.86. The van der Waals surface area contributed by atoms with Crippen molar-refractivity contribution in [3.05, 3.63) is 65.5 Å². The van der Waals surface area contributed by atoms with E-state index in [4.69, 9.17) is 5.73 Å². The zero-order valence-corrected chi connectivity index (χ0v) is 12.6. The fourth-order valence-corrected chi connectivity index (χ4v) is 2.84. The van der Waals surface area contributed by atoms with Crippen LogP contribution in [0.15, 0.2) is 48.8 Å². The van der Waals surface area contributed by atoms with Crippen molar-refractivity contribution in [1.82, 2.24) is 4.98 Å². The zero-order chi connectivity index (χ0) is 14.5. The summed E-state index contributed by atoms with van der Waals surface area (Å²) in [4.78, 5) is 4.25. The smallest absolute Gasteiger partial charge is 0.0385 e. The molecule has 0 amide bonds. The van der Waals surface area contributed by atoms with Crippen LogP contribution in [0.3, 0.4) is 0 Å². The molecular formula is C18H24N2. The van der Waals surface area contributed by atoms with Gasteiger partial charge in [0.1, 0.15) is 0 Å². The molecule has 0 fully saturated rings. The molecule has 3 unspecified atom stereocenters. The Morgan fingerprint density at radius 3 is 2.45 bits per heavy atom. The van der Waals surface area contributed by atoms with Crippen LogP contribution in [0.5, 0.6) is 0 Å². The normalized spacial score (nSPS) is 15.6. The molecule has 0 spiro atoms. The van der Waals surface area contributed by atoms with Crippen LogP contribution in [0, 0.1) is 12.8 Å². The Bertz CT molecular complexity index is 536. The van der Waals surface area contributed by atoms with Crippen molar-refractivity contribution in [3.8, 4) is 0 Å². The molecule has 0 saturated heterocycles. The van der Waals surface area contributed by atoms with Crippen LogP contribution in [-0.2, 0) is 0 Å². The maximum Gasteiger partial charge on any atom is 0.0385 e. The van der Waals surface area contributed by atoms with Crippen LogP contribution in [0.4, 0.5) is 0 Å². The lowest BCUT2D eigenvalue weighted by molar-refractivity contribution is 0.386. The molecule has 106 valence electrons. The minimum Gasteiger partial charge on any atom is -0.323 e. The van der Waals surface area contributed by atoms with E-state index in [1.165, 1.54) is 11.1 Å². The Labute approximate surface area is 122 Å². The maximum absolute atomic E-state index is 6.61. The number of benzene rings is 1. The summed E-state index contributed by atoms with van der Waals surface area (Å²) < 4.78 is 0. The third-order valence-corrected chi connectivity index (χ3v) is 4.27. The van der Waals surface area contributed by atoms with E-state index in [0.717, 1.165) is 12.0 Å². The fourth-order valence-electron chi connectivity index (χ4n) is 2.84. The van der Waals surface area contributed by atoms with Gasteiger partial charge in [-0.1, -0.05) is 50.6 Å². The van der Waals surface area contributed by atoms with Crippen LogP contribution in [0.2, 0.25) is 0 Å². The topological polar surface area (TPSA) is 38.9 Å². The van der Waals surface area contributed by atoms with Crippen LogP contribution in [0.1, 0.15) is 48.9 Å². The second-order valence-corrected chi connectivity index (χ2v) is 5.58. The highest BCUT2D eigenvalue weighted by atomic mass is 14.7. The molecule has 0 aliphatic rings. The molecule has 20 heavy (non-hydrogen) atoms. The highest BCUT2D eigenvalue weighted by Gasteiger charge is 2.27. The monoisotopic (exact) mass is 268 g/mol. The molecular weight excluding hydrogens is 244 g/mol. The summed E-state index contributed by atoms with van der Waals surface area (Å²) in [5.41, 5.74) is 10.3. The molecule has 0 bridgehead atoms.